The molecule has 0 N–H and O–H groups in total. The van der Waals surface area contributed by atoms with Crippen molar-refractivity contribution in [3.63, 3.8) is 0 Å². The molecule has 0 aliphatic rings. The van der Waals surface area contributed by atoms with Crippen molar-refractivity contribution in [2.75, 3.05) is 21.1 Å². The van der Waals surface area contributed by atoms with Gasteiger partial charge in [0, 0.05) is 21.1 Å². The molecule has 0 bridgehead atoms. The Balaban J connectivity index is 4.26. The largest absolute Gasteiger partial charge is 0.472 e. The highest BCUT2D eigenvalue weighted by molar-refractivity contribution is 5.81. The summed E-state index contributed by atoms with van der Waals surface area (Å²) in [7, 11) is 3.75. The van der Waals surface area contributed by atoms with Crippen LogP contribution in [0.1, 0.15) is 0 Å². The van der Waals surface area contributed by atoms with Gasteiger partial charge >= 0.3 is 12.1 Å². The Hall–Kier alpha value is -0.780. The molecule has 0 fully saturated rings. The molecule has 66 valence electrons. The van der Waals surface area contributed by atoms with Crippen molar-refractivity contribution in [3.05, 3.63) is 0 Å². The first kappa shape index (κ1) is 10.2. The number of hydrazine groups is 1. The number of carbonyl (C=O) groups is 1. The molecule has 6 heteroatoms. The molecule has 0 unspecified atom stereocenters. The fourth-order valence-electron chi connectivity index (χ4n) is 0.365. The predicted molar refractivity (Wildman–Crippen MR) is 32.5 cm³/mol. The van der Waals surface area contributed by atoms with E-state index in [2.05, 4.69) is 0 Å². The van der Waals surface area contributed by atoms with E-state index in [1.54, 1.807) is 0 Å². The standard InChI is InChI=1S/C5H9F3N2O/c1-9(2)10(3)4(11)5(6,7)8/h1-3H3. The zero-order valence-corrected chi connectivity index (χ0v) is 6.44. The summed E-state index contributed by atoms with van der Waals surface area (Å²) < 4.78 is 34.9. The van der Waals surface area contributed by atoms with Gasteiger partial charge < -0.3 is 0 Å². The van der Waals surface area contributed by atoms with Gasteiger partial charge in [-0.25, -0.2) is 5.01 Å². The van der Waals surface area contributed by atoms with E-state index in [9.17, 15) is 18.0 Å². The number of nitrogens with zero attached hydrogens (tertiary/aromatic N) is 2. The molecule has 0 aromatic heterocycles. The topological polar surface area (TPSA) is 23.6 Å². The molecule has 0 radical (unpaired) electrons. The average molecular weight is 170 g/mol. The highest BCUT2D eigenvalue weighted by Crippen LogP contribution is 2.17. The lowest BCUT2D eigenvalue weighted by atomic mass is 10.6. The number of halogens is 3. The lowest BCUT2D eigenvalue weighted by molar-refractivity contribution is -0.195. The maximum absolute atomic E-state index is 11.6. The van der Waals surface area contributed by atoms with E-state index in [4.69, 9.17) is 0 Å². The molecule has 0 spiro atoms. The van der Waals surface area contributed by atoms with Crippen molar-refractivity contribution in [3.8, 4) is 0 Å². The Labute approximate surface area is 62.3 Å². The van der Waals surface area contributed by atoms with E-state index in [0.717, 1.165) is 12.1 Å². The first-order valence-electron chi connectivity index (χ1n) is 2.79. The molecule has 0 atom stereocenters. The minimum absolute atomic E-state index is 0.486. The monoisotopic (exact) mass is 170 g/mol. The summed E-state index contributed by atoms with van der Waals surface area (Å²) >= 11 is 0. The number of amides is 1. The highest BCUT2D eigenvalue weighted by Gasteiger charge is 2.41. The van der Waals surface area contributed by atoms with Crippen molar-refractivity contribution >= 4 is 5.91 Å². The van der Waals surface area contributed by atoms with E-state index < -0.39 is 12.1 Å². The van der Waals surface area contributed by atoms with Gasteiger partial charge in [-0.15, -0.1) is 0 Å². The zero-order valence-electron chi connectivity index (χ0n) is 6.44. The molecule has 1 amide bonds. The second-order valence-electron chi connectivity index (χ2n) is 2.17. The number of hydrogen-bond donors (Lipinski definition) is 0. The quantitative estimate of drug-likeness (QED) is 0.534. The third-order valence-corrected chi connectivity index (χ3v) is 1.14. The first-order chi connectivity index (χ1) is 4.76. The van der Waals surface area contributed by atoms with Gasteiger partial charge in [-0.1, -0.05) is 0 Å². The molecular formula is C5H9F3N2O. The van der Waals surface area contributed by atoms with Gasteiger partial charge in [-0.3, -0.25) is 9.80 Å². The van der Waals surface area contributed by atoms with Crippen molar-refractivity contribution in [2.24, 2.45) is 0 Å². The smallest absolute Gasteiger partial charge is 0.271 e. The van der Waals surface area contributed by atoms with Crippen LogP contribution in [-0.4, -0.2) is 43.2 Å². The van der Waals surface area contributed by atoms with Crippen molar-refractivity contribution in [1.29, 1.82) is 0 Å². The summed E-state index contributed by atoms with van der Waals surface area (Å²) in [6.45, 7) is 0. The summed E-state index contributed by atoms with van der Waals surface area (Å²) in [6.07, 6.45) is -4.79. The number of alkyl halides is 3. The summed E-state index contributed by atoms with van der Waals surface area (Å²) in [5.74, 6) is -1.87. The predicted octanol–water partition coefficient (Wildman–Crippen LogP) is 0.484. The van der Waals surface area contributed by atoms with Gasteiger partial charge in [-0.2, -0.15) is 13.2 Å². The molecule has 0 heterocycles. The summed E-state index contributed by atoms with van der Waals surface area (Å²) in [6, 6.07) is 0. The van der Waals surface area contributed by atoms with Gasteiger partial charge in [-0.05, 0) is 0 Å². The molecule has 0 aromatic rings. The van der Waals surface area contributed by atoms with E-state index in [0.29, 0.717) is 5.01 Å². The molecule has 0 aromatic carbocycles. The summed E-state index contributed by atoms with van der Waals surface area (Å²) in [5.41, 5.74) is 0. The number of rotatable bonds is 1. The molecule has 0 rings (SSSR count). The third kappa shape index (κ3) is 2.75. The van der Waals surface area contributed by atoms with Crippen molar-refractivity contribution in [1.82, 2.24) is 10.0 Å². The maximum atomic E-state index is 11.6. The number of hydrogen-bond acceptors (Lipinski definition) is 2. The van der Waals surface area contributed by atoms with E-state index in [1.807, 2.05) is 0 Å². The Morgan fingerprint density at radius 1 is 1.18 bits per heavy atom. The van der Waals surface area contributed by atoms with E-state index >= 15 is 0 Å². The van der Waals surface area contributed by atoms with Gasteiger partial charge in [0.2, 0.25) is 0 Å². The summed E-state index contributed by atoms with van der Waals surface area (Å²) in [5, 5.41) is 1.54. The van der Waals surface area contributed by atoms with Crippen LogP contribution in [0.5, 0.6) is 0 Å². The highest BCUT2D eigenvalue weighted by atomic mass is 19.4. The van der Waals surface area contributed by atoms with Crippen LogP contribution in [0.15, 0.2) is 0 Å². The Bertz CT molecular complexity index is 154. The normalized spacial score (nSPS) is 11.9. The molecule has 3 nitrogen and oxygen atoms in total. The lowest BCUT2D eigenvalue weighted by Crippen LogP contribution is -2.45. The van der Waals surface area contributed by atoms with Crippen LogP contribution in [0.25, 0.3) is 0 Å². The van der Waals surface area contributed by atoms with Crippen LogP contribution in [-0.2, 0) is 4.79 Å². The minimum atomic E-state index is -4.79. The minimum Gasteiger partial charge on any atom is -0.271 e. The van der Waals surface area contributed by atoms with Gasteiger partial charge in [0.1, 0.15) is 0 Å². The summed E-state index contributed by atoms with van der Waals surface area (Å²) in [4.78, 5) is 10.4. The van der Waals surface area contributed by atoms with E-state index in [-0.39, 0.29) is 0 Å². The Morgan fingerprint density at radius 2 is 1.55 bits per heavy atom. The van der Waals surface area contributed by atoms with Crippen LogP contribution in [0.3, 0.4) is 0 Å². The molecule has 0 saturated carbocycles. The van der Waals surface area contributed by atoms with Crippen LogP contribution in [0, 0.1) is 0 Å². The fraction of sp³-hybridized carbons (Fsp3) is 0.800. The molecule has 0 aliphatic heterocycles. The van der Waals surface area contributed by atoms with Gasteiger partial charge in [0.15, 0.2) is 0 Å². The Morgan fingerprint density at radius 3 is 1.64 bits per heavy atom. The number of carbonyl (C=O) groups excluding carboxylic acids is 1. The van der Waals surface area contributed by atoms with E-state index in [1.165, 1.54) is 14.1 Å². The van der Waals surface area contributed by atoms with Gasteiger partial charge in [0.25, 0.3) is 0 Å². The Kier molecular flexibility index (Phi) is 2.86. The second-order valence-corrected chi connectivity index (χ2v) is 2.17. The second kappa shape index (κ2) is 3.08. The SMILES string of the molecule is CN(C)N(C)C(=O)C(F)(F)F. The molecule has 0 saturated heterocycles. The van der Waals surface area contributed by atoms with Crippen LogP contribution in [0.2, 0.25) is 0 Å². The first-order valence-corrected chi connectivity index (χ1v) is 2.79. The van der Waals surface area contributed by atoms with Crippen LogP contribution in [0.4, 0.5) is 13.2 Å². The van der Waals surface area contributed by atoms with Crippen molar-refractivity contribution in [2.45, 2.75) is 6.18 Å². The van der Waals surface area contributed by atoms with Gasteiger partial charge in [0.05, 0.1) is 0 Å². The third-order valence-electron chi connectivity index (χ3n) is 1.14. The molecule has 0 aliphatic carbocycles. The average Bonchev–Trinajstić information content (AvgIpc) is 1.82. The molecule has 11 heavy (non-hydrogen) atoms. The fourth-order valence-corrected chi connectivity index (χ4v) is 0.365. The molecular weight excluding hydrogens is 161 g/mol. The maximum Gasteiger partial charge on any atom is 0.472 e. The van der Waals surface area contributed by atoms with Crippen LogP contribution < -0.4 is 0 Å². The zero-order chi connectivity index (χ0) is 9.23. The lowest BCUT2D eigenvalue weighted by Gasteiger charge is -2.24. The van der Waals surface area contributed by atoms with Crippen LogP contribution >= 0.6 is 0 Å². The van der Waals surface area contributed by atoms with Crippen molar-refractivity contribution < 1.29 is 18.0 Å².